The number of nitrogen functional groups attached to an aromatic ring is 1. The Labute approximate surface area is 108 Å². The lowest BCUT2D eigenvalue weighted by Gasteiger charge is -2.06. The molecule has 1 heterocycles. The average Bonchev–Trinajstić information content (AvgIpc) is 2.30. The van der Waals surface area contributed by atoms with Gasteiger partial charge in [0.05, 0.1) is 5.56 Å². The second kappa shape index (κ2) is 4.73. The Morgan fingerprint density at radius 3 is 2.65 bits per heavy atom. The predicted octanol–water partition coefficient (Wildman–Crippen LogP) is 3.45. The van der Waals surface area contributed by atoms with E-state index in [-0.39, 0.29) is 5.82 Å². The summed E-state index contributed by atoms with van der Waals surface area (Å²) in [6, 6.07) is 6.77. The topological polar surface area (TPSA) is 56.0 Å². The number of carbonyl (C=O) groups is 1. The van der Waals surface area contributed by atoms with E-state index in [0.29, 0.717) is 21.9 Å². The van der Waals surface area contributed by atoms with E-state index in [1.54, 1.807) is 30.5 Å². The molecule has 0 saturated carbocycles. The van der Waals surface area contributed by atoms with Gasteiger partial charge in [0, 0.05) is 27.4 Å². The van der Waals surface area contributed by atoms with Gasteiger partial charge in [-0.3, -0.25) is 4.79 Å². The molecule has 2 N–H and O–H groups in total. The second-order valence-corrected chi connectivity index (χ2v) is 4.28. The van der Waals surface area contributed by atoms with Crippen LogP contribution in [0.4, 0.5) is 5.82 Å². The number of hydrogen-bond acceptors (Lipinski definition) is 3. The maximum Gasteiger partial charge on any atom is 0.153 e. The van der Waals surface area contributed by atoms with Crippen LogP contribution in [0.2, 0.25) is 10.0 Å². The van der Waals surface area contributed by atoms with Crippen LogP contribution in [0.5, 0.6) is 0 Å². The van der Waals surface area contributed by atoms with E-state index in [0.717, 1.165) is 11.1 Å². The Balaban J connectivity index is 2.56. The molecule has 0 amide bonds. The first kappa shape index (κ1) is 11.9. The third kappa shape index (κ3) is 2.40. The summed E-state index contributed by atoms with van der Waals surface area (Å²) >= 11 is 11.9. The maximum atomic E-state index is 10.8. The van der Waals surface area contributed by atoms with Crippen LogP contribution in [0, 0.1) is 0 Å². The number of hydrogen-bond donors (Lipinski definition) is 1. The van der Waals surface area contributed by atoms with Gasteiger partial charge in [0.25, 0.3) is 0 Å². The highest BCUT2D eigenvalue weighted by atomic mass is 35.5. The molecule has 3 nitrogen and oxygen atoms in total. The molecule has 1 aromatic heterocycles. The van der Waals surface area contributed by atoms with Crippen LogP contribution >= 0.6 is 23.2 Å². The zero-order chi connectivity index (χ0) is 12.4. The van der Waals surface area contributed by atoms with Gasteiger partial charge in [-0.2, -0.15) is 0 Å². The van der Waals surface area contributed by atoms with Crippen LogP contribution in [0.1, 0.15) is 10.4 Å². The van der Waals surface area contributed by atoms with Gasteiger partial charge in [-0.05, 0) is 18.2 Å². The van der Waals surface area contributed by atoms with E-state index in [4.69, 9.17) is 28.9 Å². The van der Waals surface area contributed by atoms with Crippen molar-refractivity contribution in [1.29, 1.82) is 0 Å². The van der Waals surface area contributed by atoms with Crippen LogP contribution < -0.4 is 5.73 Å². The summed E-state index contributed by atoms with van der Waals surface area (Å²) in [5.41, 5.74) is 7.37. The molecule has 0 atom stereocenters. The third-order valence-corrected chi connectivity index (χ3v) is 2.87. The van der Waals surface area contributed by atoms with E-state index in [9.17, 15) is 4.79 Å². The molecular formula is C12H8Cl2N2O. The van der Waals surface area contributed by atoms with Gasteiger partial charge in [0.1, 0.15) is 5.82 Å². The van der Waals surface area contributed by atoms with Gasteiger partial charge in [0.15, 0.2) is 6.29 Å². The van der Waals surface area contributed by atoms with Crippen LogP contribution in [-0.4, -0.2) is 11.3 Å². The molecule has 0 aliphatic carbocycles. The van der Waals surface area contributed by atoms with Crippen molar-refractivity contribution in [3.8, 4) is 11.1 Å². The van der Waals surface area contributed by atoms with Gasteiger partial charge in [0.2, 0.25) is 0 Å². The highest BCUT2D eigenvalue weighted by Gasteiger charge is 2.07. The number of halogens is 2. The zero-order valence-electron chi connectivity index (χ0n) is 8.65. The number of aldehydes is 1. The standard InChI is InChI=1S/C12H8Cl2N2O/c13-9-1-2-10(11(14)4-9)7-3-8(6-17)12(15)16-5-7/h1-6H,(H2,15,16). The molecule has 86 valence electrons. The van der Waals surface area contributed by atoms with E-state index in [2.05, 4.69) is 4.98 Å². The summed E-state index contributed by atoms with van der Waals surface area (Å²) in [5, 5.41) is 1.05. The molecule has 0 saturated heterocycles. The molecule has 0 fully saturated rings. The fraction of sp³-hybridized carbons (Fsp3) is 0. The number of nitrogens with zero attached hydrogens (tertiary/aromatic N) is 1. The normalized spacial score (nSPS) is 10.2. The van der Waals surface area contributed by atoms with Gasteiger partial charge in [-0.1, -0.05) is 29.3 Å². The highest BCUT2D eigenvalue weighted by molar-refractivity contribution is 6.36. The summed E-state index contributed by atoms with van der Waals surface area (Å²) in [4.78, 5) is 14.7. The predicted molar refractivity (Wildman–Crippen MR) is 69.5 cm³/mol. The average molecular weight is 267 g/mol. The van der Waals surface area contributed by atoms with Crippen molar-refractivity contribution in [2.24, 2.45) is 0 Å². The smallest absolute Gasteiger partial charge is 0.153 e. The van der Waals surface area contributed by atoms with E-state index >= 15 is 0 Å². The number of rotatable bonds is 2. The fourth-order valence-electron chi connectivity index (χ4n) is 1.46. The molecule has 17 heavy (non-hydrogen) atoms. The number of pyridine rings is 1. The summed E-state index contributed by atoms with van der Waals surface area (Å²) in [7, 11) is 0. The van der Waals surface area contributed by atoms with Gasteiger partial charge >= 0.3 is 0 Å². The summed E-state index contributed by atoms with van der Waals surface area (Å²) < 4.78 is 0. The Morgan fingerprint density at radius 1 is 1.24 bits per heavy atom. The molecule has 0 aliphatic rings. The first-order valence-corrected chi connectivity index (χ1v) is 5.53. The van der Waals surface area contributed by atoms with E-state index in [1.165, 1.54) is 0 Å². The van der Waals surface area contributed by atoms with Crippen molar-refractivity contribution in [3.05, 3.63) is 46.1 Å². The Hall–Kier alpha value is -1.58. The van der Waals surface area contributed by atoms with Crippen molar-refractivity contribution < 1.29 is 4.79 Å². The van der Waals surface area contributed by atoms with Gasteiger partial charge < -0.3 is 5.73 Å². The Morgan fingerprint density at radius 2 is 2.00 bits per heavy atom. The van der Waals surface area contributed by atoms with Crippen LogP contribution in [-0.2, 0) is 0 Å². The fourth-order valence-corrected chi connectivity index (χ4v) is 1.98. The quantitative estimate of drug-likeness (QED) is 0.848. The molecular weight excluding hydrogens is 259 g/mol. The molecule has 0 bridgehead atoms. The minimum absolute atomic E-state index is 0.203. The molecule has 0 radical (unpaired) electrons. The summed E-state index contributed by atoms with van der Waals surface area (Å²) in [5.74, 6) is 0.203. The first-order valence-electron chi connectivity index (χ1n) is 4.78. The lowest BCUT2D eigenvalue weighted by Crippen LogP contribution is -1.97. The van der Waals surface area contributed by atoms with Crippen LogP contribution in [0.25, 0.3) is 11.1 Å². The van der Waals surface area contributed by atoms with Crippen molar-refractivity contribution in [3.63, 3.8) is 0 Å². The molecule has 0 aliphatic heterocycles. The summed E-state index contributed by atoms with van der Waals surface area (Å²) in [6.45, 7) is 0. The van der Waals surface area contributed by atoms with Crippen LogP contribution in [0.15, 0.2) is 30.5 Å². The van der Waals surface area contributed by atoms with E-state index in [1.807, 2.05) is 0 Å². The number of anilines is 1. The largest absolute Gasteiger partial charge is 0.383 e. The minimum Gasteiger partial charge on any atom is -0.383 e. The number of nitrogens with two attached hydrogens (primary N) is 1. The highest BCUT2D eigenvalue weighted by Crippen LogP contribution is 2.30. The van der Waals surface area contributed by atoms with Crippen molar-refractivity contribution >= 4 is 35.3 Å². The monoisotopic (exact) mass is 266 g/mol. The molecule has 5 heteroatoms. The van der Waals surface area contributed by atoms with Crippen LogP contribution in [0.3, 0.4) is 0 Å². The minimum atomic E-state index is 0.203. The summed E-state index contributed by atoms with van der Waals surface area (Å²) in [6.07, 6.45) is 2.23. The second-order valence-electron chi connectivity index (χ2n) is 3.44. The molecule has 1 aromatic carbocycles. The number of aromatic nitrogens is 1. The maximum absolute atomic E-state index is 10.8. The molecule has 2 rings (SSSR count). The first-order chi connectivity index (χ1) is 8.11. The molecule has 0 spiro atoms. The zero-order valence-corrected chi connectivity index (χ0v) is 10.2. The van der Waals surface area contributed by atoms with Crippen molar-refractivity contribution in [2.45, 2.75) is 0 Å². The number of benzene rings is 1. The Kier molecular flexibility index (Phi) is 3.31. The molecule has 0 unspecified atom stereocenters. The Bertz CT molecular complexity index is 585. The van der Waals surface area contributed by atoms with E-state index < -0.39 is 0 Å². The van der Waals surface area contributed by atoms with Crippen molar-refractivity contribution in [1.82, 2.24) is 4.98 Å². The lowest BCUT2D eigenvalue weighted by atomic mass is 10.1. The third-order valence-electron chi connectivity index (χ3n) is 2.32. The number of carbonyl (C=O) groups excluding carboxylic acids is 1. The van der Waals surface area contributed by atoms with Gasteiger partial charge in [-0.15, -0.1) is 0 Å². The SMILES string of the molecule is Nc1ncc(-c2ccc(Cl)cc2Cl)cc1C=O. The van der Waals surface area contributed by atoms with Crippen molar-refractivity contribution in [2.75, 3.05) is 5.73 Å². The van der Waals surface area contributed by atoms with Gasteiger partial charge in [-0.25, -0.2) is 4.98 Å². The molecule has 2 aromatic rings. The lowest BCUT2D eigenvalue weighted by molar-refractivity contribution is 0.112.